The number of pyridine rings is 1. The van der Waals surface area contributed by atoms with Crippen molar-refractivity contribution >= 4 is 5.91 Å². The number of carbonyl (C=O) groups excluding carboxylic acids is 1. The summed E-state index contributed by atoms with van der Waals surface area (Å²) < 4.78 is 0. The summed E-state index contributed by atoms with van der Waals surface area (Å²) in [5.74, 6) is -0.0317. The third-order valence-electron chi connectivity index (χ3n) is 5.91. The quantitative estimate of drug-likeness (QED) is 0.696. The molecular formula is C24H29N5O2. The Morgan fingerprint density at radius 1 is 1.10 bits per heavy atom. The van der Waals surface area contributed by atoms with E-state index in [0.717, 1.165) is 18.4 Å². The van der Waals surface area contributed by atoms with E-state index in [4.69, 9.17) is 0 Å². The van der Waals surface area contributed by atoms with Crippen molar-refractivity contribution in [2.24, 2.45) is 0 Å². The van der Waals surface area contributed by atoms with Crippen LogP contribution in [0.5, 0.6) is 0 Å². The molecule has 7 nitrogen and oxygen atoms in total. The Bertz CT molecular complexity index is 1070. The van der Waals surface area contributed by atoms with Gasteiger partial charge in [-0.05, 0) is 52.7 Å². The summed E-state index contributed by atoms with van der Waals surface area (Å²) in [6.07, 6.45) is 3.45. The lowest BCUT2D eigenvalue weighted by molar-refractivity contribution is 0.0534. The summed E-state index contributed by atoms with van der Waals surface area (Å²) in [6.45, 7) is 7.87. The zero-order chi connectivity index (χ0) is 22.2. The Hall–Kier alpha value is -3.06. The Labute approximate surface area is 182 Å². The van der Waals surface area contributed by atoms with Crippen LogP contribution in [0.4, 0.5) is 0 Å². The summed E-state index contributed by atoms with van der Waals surface area (Å²) in [4.78, 5) is 21.7. The summed E-state index contributed by atoms with van der Waals surface area (Å²) in [7, 11) is 0. The number of aliphatic hydroxyl groups is 1. The summed E-state index contributed by atoms with van der Waals surface area (Å²) >= 11 is 0. The smallest absolute Gasteiger partial charge is 0.256 e. The molecule has 0 spiro atoms. The van der Waals surface area contributed by atoms with E-state index in [1.807, 2.05) is 48.2 Å². The molecule has 3 aromatic rings. The van der Waals surface area contributed by atoms with Gasteiger partial charge in [0.25, 0.3) is 5.91 Å². The van der Waals surface area contributed by atoms with Gasteiger partial charge in [0.15, 0.2) is 0 Å². The fraction of sp³-hybridized carbons (Fsp3) is 0.417. The lowest BCUT2D eigenvalue weighted by atomic mass is 9.97. The van der Waals surface area contributed by atoms with Gasteiger partial charge in [0.05, 0.1) is 23.0 Å². The lowest BCUT2D eigenvalue weighted by Crippen LogP contribution is -2.46. The molecule has 2 aromatic heterocycles. The number of carbonyl (C=O) groups is 1. The number of likely N-dealkylation sites (tertiary alicyclic amines) is 1. The van der Waals surface area contributed by atoms with Gasteiger partial charge >= 0.3 is 0 Å². The van der Waals surface area contributed by atoms with Gasteiger partial charge in [-0.15, -0.1) is 0 Å². The molecule has 0 radical (unpaired) electrons. The van der Waals surface area contributed by atoms with Crippen LogP contribution >= 0.6 is 0 Å². The lowest BCUT2D eigenvalue weighted by Gasteiger charge is -2.37. The minimum Gasteiger partial charge on any atom is -0.384 e. The van der Waals surface area contributed by atoms with Gasteiger partial charge in [0, 0.05) is 24.3 Å². The van der Waals surface area contributed by atoms with E-state index in [9.17, 15) is 9.90 Å². The van der Waals surface area contributed by atoms with E-state index in [-0.39, 0.29) is 18.0 Å². The van der Waals surface area contributed by atoms with E-state index >= 15 is 0 Å². The molecule has 31 heavy (non-hydrogen) atoms. The molecule has 1 aliphatic rings. The van der Waals surface area contributed by atoms with E-state index in [1.165, 1.54) is 0 Å². The molecule has 7 heteroatoms. The first-order valence-electron chi connectivity index (χ1n) is 10.7. The molecule has 1 fully saturated rings. The van der Waals surface area contributed by atoms with Gasteiger partial charge in [-0.25, -0.2) is 0 Å². The SMILES string of the molecule is Cc1nn([C@@H]2CC[C@@H](C)N(C(=O)c3cccnc3-c3ccccc3)C2)nc1C(C)(C)O. The number of aryl methyl sites for hydroxylation is 1. The number of hydrogen-bond acceptors (Lipinski definition) is 5. The number of benzene rings is 1. The molecule has 1 saturated heterocycles. The van der Waals surface area contributed by atoms with Crippen molar-refractivity contribution in [2.75, 3.05) is 6.54 Å². The molecule has 1 aromatic carbocycles. The van der Waals surface area contributed by atoms with Crippen LogP contribution < -0.4 is 0 Å². The first-order valence-corrected chi connectivity index (χ1v) is 10.7. The van der Waals surface area contributed by atoms with Crippen molar-refractivity contribution in [3.05, 3.63) is 65.6 Å². The van der Waals surface area contributed by atoms with Crippen LogP contribution in [0.2, 0.25) is 0 Å². The maximum atomic E-state index is 13.6. The van der Waals surface area contributed by atoms with Crippen molar-refractivity contribution in [2.45, 2.75) is 58.2 Å². The molecule has 0 saturated carbocycles. The molecule has 162 valence electrons. The number of piperidine rings is 1. The van der Waals surface area contributed by atoms with Gasteiger partial charge in [0.1, 0.15) is 11.3 Å². The largest absolute Gasteiger partial charge is 0.384 e. The van der Waals surface area contributed by atoms with Crippen LogP contribution in [0.3, 0.4) is 0 Å². The minimum absolute atomic E-state index is 0.0317. The van der Waals surface area contributed by atoms with Gasteiger partial charge in [-0.2, -0.15) is 15.0 Å². The zero-order valence-corrected chi connectivity index (χ0v) is 18.5. The molecule has 2 atom stereocenters. The highest BCUT2D eigenvalue weighted by Gasteiger charge is 2.34. The van der Waals surface area contributed by atoms with Gasteiger partial charge in [-0.3, -0.25) is 9.78 Å². The molecule has 1 amide bonds. The van der Waals surface area contributed by atoms with E-state index in [1.54, 1.807) is 30.9 Å². The molecule has 1 N–H and O–H groups in total. The average molecular weight is 420 g/mol. The predicted molar refractivity (Wildman–Crippen MR) is 118 cm³/mol. The predicted octanol–water partition coefficient (Wildman–Crippen LogP) is 3.74. The Balaban J connectivity index is 1.63. The minimum atomic E-state index is -1.06. The maximum absolute atomic E-state index is 13.6. The molecule has 0 bridgehead atoms. The molecule has 3 heterocycles. The highest BCUT2D eigenvalue weighted by Crippen LogP contribution is 2.30. The van der Waals surface area contributed by atoms with Crippen molar-refractivity contribution in [1.82, 2.24) is 24.9 Å². The van der Waals surface area contributed by atoms with Crippen molar-refractivity contribution in [1.29, 1.82) is 0 Å². The van der Waals surface area contributed by atoms with Crippen LogP contribution in [-0.4, -0.2) is 48.5 Å². The molecule has 4 rings (SSSR count). The Kier molecular flexibility index (Phi) is 5.62. The second-order valence-corrected chi connectivity index (χ2v) is 8.82. The first kappa shape index (κ1) is 21.2. The topological polar surface area (TPSA) is 84.1 Å². The molecule has 0 aliphatic carbocycles. The van der Waals surface area contributed by atoms with Gasteiger partial charge < -0.3 is 10.0 Å². The average Bonchev–Trinajstić information content (AvgIpc) is 3.16. The van der Waals surface area contributed by atoms with Crippen LogP contribution in [0.15, 0.2) is 48.7 Å². The normalized spacial score (nSPS) is 19.5. The van der Waals surface area contributed by atoms with Crippen molar-refractivity contribution in [3.63, 3.8) is 0 Å². The number of nitrogens with zero attached hydrogens (tertiary/aromatic N) is 5. The van der Waals surface area contributed by atoms with Gasteiger partial charge in [-0.1, -0.05) is 30.3 Å². The van der Waals surface area contributed by atoms with E-state index in [0.29, 0.717) is 29.2 Å². The second kappa shape index (κ2) is 8.23. The zero-order valence-electron chi connectivity index (χ0n) is 18.5. The fourth-order valence-electron chi connectivity index (χ4n) is 4.24. The van der Waals surface area contributed by atoms with E-state index < -0.39 is 5.60 Å². The highest BCUT2D eigenvalue weighted by atomic mass is 16.3. The Morgan fingerprint density at radius 2 is 1.84 bits per heavy atom. The van der Waals surface area contributed by atoms with Crippen LogP contribution in [0, 0.1) is 6.92 Å². The van der Waals surface area contributed by atoms with Crippen LogP contribution in [0.1, 0.15) is 61.4 Å². The standard InChI is InChI=1S/C24H29N5O2/c1-16-12-13-19(29-26-17(2)22(27-29)24(3,4)31)15-28(16)23(30)20-11-8-14-25-21(20)18-9-6-5-7-10-18/h5-11,14,16,19,31H,12-13,15H2,1-4H3/t16-,19-/m1/s1. The summed E-state index contributed by atoms with van der Waals surface area (Å²) in [6, 6.07) is 13.5. The summed E-state index contributed by atoms with van der Waals surface area (Å²) in [5.41, 5.74) is 2.44. The van der Waals surface area contributed by atoms with Gasteiger partial charge in [0.2, 0.25) is 0 Å². The number of hydrogen-bond donors (Lipinski definition) is 1. The van der Waals surface area contributed by atoms with Crippen molar-refractivity contribution < 1.29 is 9.90 Å². The third kappa shape index (κ3) is 4.23. The number of rotatable bonds is 4. The summed E-state index contributed by atoms with van der Waals surface area (Å²) in [5, 5.41) is 19.5. The number of amides is 1. The number of aromatic nitrogens is 4. The fourth-order valence-corrected chi connectivity index (χ4v) is 4.24. The second-order valence-electron chi connectivity index (χ2n) is 8.82. The van der Waals surface area contributed by atoms with Crippen molar-refractivity contribution in [3.8, 4) is 11.3 Å². The highest BCUT2D eigenvalue weighted by molar-refractivity contribution is 6.00. The molecule has 0 unspecified atom stereocenters. The van der Waals surface area contributed by atoms with Crippen LogP contribution in [-0.2, 0) is 5.60 Å². The van der Waals surface area contributed by atoms with Crippen LogP contribution in [0.25, 0.3) is 11.3 Å². The van der Waals surface area contributed by atoms with E-state index in [2.05, 4.69) is 22.1 Å². The molecular weight excluding hydrogens is 390 g/mol. The third-order valence-corrected chi connectivity index (χ3v) is 5.91. The Morgan fingerprint density at radius 3 is 2.52 bits per heavy atom. The molecule has 1 aliphatic heterocycles. The first-order chi connectivity index (χ1) is 14.8. The monoisotopic (exact) mass is 419 g/mol. The maximum Gasteiger partial charge on any atom is 0.256 e.